The van der Waals surface area contributed by atoms with Crippen molar-refractivity contribution in [3.8, 4) is 17.3 Å². The summed E-state index contributed by atoms with van der Waals surface area (Å²) in [4.78, 5) is 20.8. The molecule has 0 saturated heterocycles. The Labute approximate surface area is 138 Å². The van der Waals surface area contributed by atoms with Gasteiger partial charge in [-0.1, -0.05) is 6.07 Å². The van der Waals surface area contributed by atoms with E-state index >= 15 is 0 Å². The molecular formula is C17H16N4O3. The number of para-hydroxylation sites is 1. The van der Waals surface area contributed by atoms with Gasteiger partial charge in [0.25, 0.3) is 5.91 Å². The van der Waals surface area contributed by atoms with Crippen molar-refractivity contribution in [2.75, 3.05) is 19.5 Å². The lowest BCUT2D eigenvalue weighted by Gasteiger charge is -2.12. The number of imidazole rings is 1. The van der Waals surface area contributed by atoms with E-state index in [1.165, 1.54) is 14.2 Å². The van der Waals surface area contributed by atoms with Crippen molar-refractivity contribution in [1.29, 1.82) is 0 Å². The Morgan fingerprint density at radius 1 is 1.17 bits per heavy atom. The number of pyridine rings is 1. The molecule has 7 heteroatoms. The van der Waals surface area contributed by atoms with E-state index in [9.17, 15) is 4.79 Å². The van der Waals surface area contributed by atoms with Crippen molar-refractivity contribution in [2.45, 2.75) is 0 Å². The summed E-state index contributed by atoms with van der Waals surface area (Å²) < 4.78 is 12.3. The van der Waals surface area contributed by atoms with Gasteiger partial charge in [-0.2, -0.15) is 0 Å². The first-order chi connectivity index (χ1) is 11.7. The lowest BCUT2D eigenvalue weighted by molar-refractivity contribution is 0.102. The second kappa shape index (κ2) is 6.82. The molecule has 2 heterocycles. The minimum absolute atomic E-state index is 0.303. The second-order valence-corrected chi connectivity index (χ2v) is 4.87. The van der Waals surface area contributed by atoms with Gasteiger partial charge in [0.05, 0.1) is 31.7 Å². The van der Waals surface area contributed by atoms with E-state index in [0.717, 1.165) is 0 Å². The first-order valence-electron chi connectivity index (χ1n) is 7.19. The number of anilines is 1. The molecule has 1 aromatic carbocycles. The molecule has 0 unspecified atom stereocenters. The zero-order valence-corrected chi connectivity index (χ0v) is 13.3. The number of nitrogens with zero attached hydrogens (tertiary/aromatic N) is 3. The third kappa shape index (κ3) is 3.05. The highest BCUT2D eigenvalue weighted by Crippen LogP contribution is 2.31. The molecule has 0 bridgehead atoms. The molecule has 0 saturated carbocycles. The first-order valence-corrected chi connectivity index (χ1v) is 7.19. The van der Waals surface area contributed by atoms with E-state index in [1.54, 1.807) is 59.8 Å². The van der Waals surface area contributed by atoms with Crippen LogP contribution in [0, 0.1) is 0 Å². The SMILES string of the molecule is COc1cccc(C(=O)Nc2ccc(-n3ccnc3)nc2)c1OC. The Bertz CT molecular complexity index is 830. The van der Waals surface area contributed by atoms with Gasteiger partial charge in [0.1, 0.15) is 12.1 Å². The van der Waals surface area contributed by atoms with Crippen LogP contribution in [0.3, 0.4) is 0 Å². The Hall–Kier alpha value is -3.35. The van der Waals surface area contributed by atoms with Crippen LogP contribution in [-0.2, 0) is 0 Å². The monoisotopic (exact) mass is 324 g/mol. The summed E-state index contributed by atoms with van der Waals surface area (Å²) in [6.45, 7) is 0. The van der Waals surface area contributed by atoms with Crippen LogP contribution in [0.25, 0.3) is 5.82 Å². The molecular weight excluding hydrogens is 308 g/mol. The molecule has 3 rings (SSSR count). The highest BCUT2D eigenvalue weighted by molar-refractivity contribution is 6.06. The van der Waals surface area contributed by atoms with Crippen molar-refractivity contribution >= 4 is 11.6 Å². The lowest BCUT2D eigenvalue weighted by Crippen LogP contribution is -2.14. The normalized spacial score (nSPS) is 10.2. The third-order valence-corrected chi connectivity index (χ3v) is 3.42. The van der Waals surface area contributed by atoms with Gasteiger partial charge < -0.3 is 14.8 Å². The van der Waals surface area contributed by atoms with Crippen molar-refractivity contribution in [2.24, 2.45) is 0 Å². The molecule has 0 aliphatic rings. The number of hydrogen-bond acceptors (Lipinski definition) is 5. The van der Waals surface area contributed by atoms with Crippen LogP contribution in [0.15, 0.2) is 55.2 Å². The number of carbonyl (C=O) groups excluding carboxylic acids is 1. The molecule has 0 aliphatic heterocycles. The average molecular weight is 324 g/mol. The first kappa shape index (κ1) is 15.5. The predicted octanol–water partition coefficient (Wildman–Crippen LogP) is 2.54. The largest absolute Gasteiger partial charge is 0.493 e. The lowest BCUT2D eigenvalue weighted by atomic mass is 10.1. The van der Waals surface area contributed by atoms with Crippen molar-refractivity contribution in [3.63, 3.8) is 0 Å². The predicted molar refractivity (Wildman–Crippen MR) is 88.9 cm³/mol. The highest BCUT2D eigenvalue weighted by atomic mass is 16.5. The molecule has 7 nitrogen and oxygen atoms in total. The molecule has 3 aromatic rings. The Balaban J connectivity index is 1.80. The van der Waals surface area contributed by atoms with Crippen LogP contribution < -0.4 is 14.8 Å². The van der Waals surface area contributed by atoms with E-state index in [1.807, 2.05) is 0 Å². The number of ether oxygens (including phenoxy) is 2. The smallest absolute Gasteiger partial charge is 0.259 e. The number of nitrogens with one attached hydrogen (secondary N) is 1. The molecule has 0 fully saturated rings. The fourth-order valence-electron chi connectivity index (χ4n) is 2.27. The number of carbonyl (C=O) groups is 1. The maximum Gasteiger partial charge on any atom is 0.259 e. The Morgan fingerprint density at radius 2 is 2.04 bits per heavy atom. The van der Waals surface area contributed by atoms with Gasteiger partial charge in [-0.15, -0.1) is 0 Å². The summed E-state index contributed by atoms with van der Waals surface area (Å²) in [5.41, 5.74) is 0.962. The van der Waals surface area contributed by atoms with Crippen LogP contribution in [0.1, 0.15) is 10.4 Å². The highest BCUT2D eigenvalue weighted by Gasteiger charge is 2.16. The van der Waals surface area contributed by atoms with Crippen molar-refractivity contribution in [3.05, 3.63) is 60.8 Å². The van der Waals surface area contributed by atoms with E-state index in [2.05, 4.69) is 15.3 Å². The van der Waals surface area contributed by atoms with Gasteiger partial charge in [-0.3, -0.25) is 9.36 Å². The molecule has 0 atom stereocenters. The Morgan fingerprint density at radius 3 is 2.67 bits per heavy atom. The van der Waals surface area contributed by atoms with Crippen LogP contribution in [-0.4, -0.2) is 34.7 Å². The van der Waals surface area contributed by atoms with Crippen LogP contribution in [0.2, 0.25) is 0 Å². The number of hydrogen-bond donors (Lipinski definition) is 1. The summed E-state index contributed by atoms with van der Waals surface area (Å²) in [5.74, 6) is 1.30. The van der Waals surface area contributed by atoms with E-state index in [0.29, 0.717) is 28.6 Å². The molecule has 122 valence electrons. The molecule has 0 radical (unpaired) electrons. The van der Waals surface area contributed by atoms with Gasteiger partial charge in [0.15, 0.2) is 11.5 Å². The maximum absolute atomic E-state index is 12.5. The summed E-state index contributed by atoms with van der Waals surface area (Å²) >= 11 is 0. The standard InChI is InChI=1S/C17H16N4O3/c1-23-14-5-3-4-13(16(14)24-2)17(22)20-12-6-7-15(19-10-12)21-9-8-18-11-21/h3-11H,1-2H3,(H,20,22). The van der Waals surface area contributed by atoms with Gasteiger partial charge in [0, 0.05) is 12.4 Å². The number of methoxy groups -OCH3 is 2. The number of benzene rings is 1. The van der Waals surface area contributed by atoms with Gasteiger partial charge in [-0.05, 0) is 24.3 Å². The minimum atomic E-state index is -0.303. The summed E-state index contributed by atoms with van der Waals surface area (Å²) in [7, 11) is 3.02. The fraction of sp³-hybridized carbons (Fsp3) is 0.118. The Kier molecular flexibility index (Phi) is 4.42. The van der Waals surface area contributed by atoms with Crippen LogP contribution in [0.5, 0.6) is 11.5 Å². The number of amides is 1. The zero-order chi connectivity index (χ0) is 16.9. The molecule has 1 N–H and O–H groups in total. The molecule has 1 amide bonds. The third-order valence-electron chi connectivity index (χ3n) is 3.42. The number of rotatable bonds is 5. The summed E-state index contributed by atoms with van der Waals surface area (Å²) in [6.07, 6.45) is 6.70. The van der Waals surface area contributed by atoms with Crippen molar-refractivity contribution in [1.82, 2.24) is 14.5 Å². The van der Waals surface area contributed by atoms with E-state index in [-0.39, 0.29) is 5.91 Å². The molecule has 24 heavy (non-hydrogen) atoms. The van der Waals surface area contributed by atoms with Crippen LogP contribution in [0.4, 0.5) is 5.69 Å². The zero-order valence-electron chi connectivity index (χ0n) is 13.3. The second-order valence-electron chi connectivity index (χ2n) is 4.87. The van der Waals surface area contributed by atoms with Gasteiger partial charge in [0.2, 0.25) is 0 Å². The van der Waals surface area contributed by atoms with Crippen molar-refractivity contribution < 1.29 is 14.3 Å². The van der Waals surface area contributed by atoms with Gasteiger partial charge in [-0.25, -0.2) is 9.97 Å². The number of aromatic nitrogens is 3. The molecule has 0 spiro atoms. The molecule has 2 aromatic heterocycles. The average Bonchev–Trinajstić information content (AvgIpc) is 3.16. The quantitative estimate of drug-likeness (QED) is 0.780. The summed E-state index contributed by atoms with van der Waals surface area (Å²) in [6, 6.07) is 8.70. The van der Waals surface area contributed by atoms with Gasteiger partial charge >= 0.3 is 0 Å². The summed E-state index contributed by atoms with van der Waals surface area (Å²) in [5, 5.41) is 2.79. The van der Waals surface area contributed by atoms with Crippen LogP contribution >= 0.6 is 0 Å². The molecule has 0 aliphatic carbocycles. The van der Waals surface area contributed by atoms with E-state index in [4.69, 9.17) is 9.47 Å². The minimum Gasteiger partial charge on any atom is -0.493 e. The maximum atomic E-state index is 12.5. The topological polar surface area (TPSA) is 78.3 Å². The van der Waals surface area contributed by atoms with E-state index < -0.39 is 0 Å². The fourth-order valence-corrected chi connectivity index (χ4v) is 2.27.